The number of aliphatic carboxylic acids is 1. The Morgan fingerprint density at radius 3 is 2.36 bits per heavy atom. The molecule has 0 unspecified atom stereocenters. The third kappa shape index (κ3) is 2.07. The molecule has 0 aromatic carbocycles. The number of carbonyl (C=O) groups is 2. The molecule has 1 amide bonds. The van der Waals surface area contributed by atoms with Gasteiger partial charge in [0.05, 0.1) is 0 Å². The quantitative estimate of drug-likeness (QED) is 0.410. The maximum absolute atomic E-state index is 10.6. The van der Waals surface area contributed by atoms with Gasteiger partial charge < -0.3 is 10.4 Å². The number of hydrogen-bond acceptors (Lipinski definition) is 2. The molecule has 0 radical (unpaired) electrons. The van der Waals surface area contributed by atoms with E-state index in [0.29, 0.717) is 0 Å². The lowest BCUT2D eigenvalue weighted by Crippen LogP contribution is -2.37. The summed E-state index contributed by atoms with van der Waals surface area (Å²) in [5.41, 5.74) is 0. The molecule has 1 aliphatic rings. The van der Waals surface area contributed by atoms with Crippen molar-refractivity contribution < 1.29 is 14.7 Å². The van der Waals surface area contributed by atoms with Gasteiger partial charge in [-0.15, -0.1) is 0 Å². The average molecular weight is 155 g/mol. The highest BCUT2D eigenvalue weighted by molar-refractivity contribution is 6.31. The molecule has 1 rings (SSSR count). The number of rotatable bonds is 1. The molecule has 0 saturated carbocycles. The Bertz CT molecular complexity index is 202. The van der Waals surface area contributed by atoms with E-state index >= 15 is 0 Å². The fraction of sp³-hybridized carbons (Fsp3) is 0.429. The van der Waals surface area contributed by atoms with E-state index in [0.717, 1.165) is 12.8 Å². The number of carboxylic acid groups (broad SMARTS) is 1. The fourth-order valence-electron chi connectivity index (χ4n) is 0.982. The van der Waals surface area contributed by atoms with Crippen LogP contribution < -0.4 is 5.32 Å². The van der Waals surface area contributed by atoms with E-state index in [1.165, 1.54) is 0 Å². The summed E-state index contributed by atoms with van der Waals surface area (Å²) in [4.78, 5) is 20.6. The van der Waals surface area contributed by atoms with Gasteiger partial charge >= 0.3 is 11.9 Å². The van der Waals surface area contributed by atoms with Gasteiger partial charge in [0.15, 0.2) is 0 Å². The van der Waals surface area contributed by atoms with Crippen LogP contribution in [0.25, 0.3) is 0 Å². The van der Waals surface area contributed by atoms with Gasteiger partial charge in [-0.3, -0.25) is 4.79 Å². The molecule has 1 aliphatic carbocycles. The standard InChI is InChI=1S/C7H9NO3/c9-6(7(10)11)8-5-3-1-2-4-5/h1-2,5H,3-4H2,(H,8,9)(H,10,11). The van der Waals surface area contributed by atoms with Crippen molar-refractivity contribution in [3.8, 4) is 0 Å². The first-order valence-electron chi connectivity index (χ1n) is 3.39. The van der Waals surface area contributed by atoms with Crippen molar-refractivity contribution in [1.82, 2.24) is 5.32 Å². The van der Waals surface area contributed by atoms with Crippen LogP contribution in [-0.2, 0) is 9.59 Å². The number of hydrogen-bond donors (Lipinski definition) is 2. The second kappa shape index (κ2) is 3.18. The van der Waals surface area contributed by atoms with Crippen molar-refractivity contribution >= 4 is 11.9 Å². The lowest BCUT2D eigenvalue weighted by atomic mass is 10.2. The monoisotopic (exact) mass is 155 g/mol. The molecule has 0 saturated heterocycles. The van der Waals surface area contributed by atoms with Gasteiger partial charge in [-0.2, -0.15) is 0 Å². The van der Waals surface area contributed by atoms with Crippen LogP contribution in [0, 0.1) is 0 Å². The lowest BCUT2D eigenvalue weighted by molar-refractivity contribution is -0.150. The summed E-state index contributed by atoms with van der Waals surface area (Å²) in [7, 11) is 0. The molecule has 60 valence electrons. The molecule has 2 N–H and O–H groups in total. The summed E-state index contributed by atoms with van der Waals surface area (Å²) in [6.45, 7) is 0. The molecule has 0 spiro atoms. The number of amides is 1. The highest BCUT2D eigenvalue weighted by Crippen LogP contribution is 2.08. The van der Waals surface area contributed by atoms with Gasteiger partial charge in [0, 0.05) is 6.04 Å². The Balaban J connectivity index is 2.31. The second-order valence-electron chi connectivity index (χ2n) is 2.42. The zero-order chi connectivity index (χ0) is 8.27. The van der Waals surface area contributed by atoms with Gasteiger partial charge in [-0.1, -0.05) is 12.2 Å². The maximum Gasteiger partial charge on any atom is 0.394 e. The van der Waals surface area contributed by atoms with Gasteiger partial charge in [0.1, 0.15) is 0 Å². The molecule has 0 fully saturated rings. The van der Waals surface area contributed by atoms with E-state index in [4.69, 9.17) is 5.11 Å². The number of carboxylic acids is 1. The molecular formula is C7H9NO3. The first kappa shape index (κ1) is 7.78. The van der Waals surface area contributed by atoms with E-state index < -0.39 is 11.9 Å². The number of nitrogens with one attached hydrogen (secondary N) is 1. The number of carbonyl (C=O) groups excluding carboxylic acids is 1. The SMILES string of the molecule is O=C(O)C(=O)NC1CC=CC1. The lowest BCUT2D eigenvalue weighted by Gasteiger charge is -2.08. The fourth-order valence-corrected chi connectivity index (χ4v) is 0.982. The Kier molecular flexibility index (Phi) is 2.25. The topological polar surface area (TPSA) is 66.4 Å². The van der Waals surface area contributed by atoms with Crippen LogP contribution in [0.15, 0.2) is 12.2 Å². The predicted molar refractivity (Wildman–Crippen MR) is 37.9 cm³/mol. The Morgan fingerprint density at radius 2 is 1.91 bits per heavy atom. The molecule has 0 bridgehead atoms. The minimum Gasteiger partial charge on any atom is -0.474 e. The van der Waals surface area contributed by atoms with Crippen molar-refractivity contribution in [2.45, 2.75) is 18.9 Å². The van der Waals surface area contributed by atoms with Crippen LogP contribution in [0.4, 0.5) is 0 Å². The summed E-state index contributed by atoms with van der Waals surface area (Å²) in [6.07, 6.45) is 5.32. The Morgan fingerprint density at radius 1 is 1.36 bits per heavy atom. The third-order valence-electron chi connectivity index (χ3n) is 1.54. The highest BCUT2D eigenvalue weighted by Gasteiger charge is 2.17. The average Bonchev–Trinajstić information content (AvgIpc) is 2.39. The van der Waals surface area contributed by atoms with Crippen LogP contribution in [0.3, 0.4) is 0 Å². The molecule has 0 aromatic rings. The molecule has 0 heterocycles. The molecule has 11 heavy (non-hydrogen) atoms. The molecule has 4 heteroatoms. The van der Waals surface area contributed by atoms with Crippen LogP contribution in [0.1, 0.15) is 12.8 Å². The summed E-state index contributed by atoms with van der Waals surface area (Å²) < 4.78 is 0. The zero-order valence-electron chi connectivity index (χ0n) is 5.91. The van der Waals surface area contributed by atoms with Crippen LogP contribution in [0.2, 0.25) is 0 Å². The summed E-state index contributed by atoms with van der Waals surface area (Å²) in [5, 5.41) is 10.6. The van der Waals surface area contributed by atoms with Gasteiger partial charge in [0.2, 0.25) is 0 Å². The summed E-state index contributed by atoms with van der Waals surface area (Å²) in [6, 6.07) is -0.0152. The first-order chi connectivity index (χ1) is 5.20. The van der Waals surface area contributed by atoms with Gasteiger partial charge in [-0.05, 0) is 12.8 Å². The summed E-state index contributed by atoms with van der Waals surface area (Å²) in [5.74, 6) is -2.34. The first-order valence-corrected chi connectivity index (χ1v) is 3.39. The highest BCUT2D eigenvalue weighted by atomic mass is 16.4. The third-order valence-corrected chi connectivity index (χ3v) is 1.54. The van der Waals surface area contributed by atoms with E-state index in [9.17, 15) is 9.59 Å². The van der Waals surface area contributed by atoms with Crippen molar-refractivity contribution in [1.29, 1.82) is 0 Å². The van der Waals surface area contributed by atoms with Crippen molar-refractivity contribution in [3.05, 3.63) is 12.2 Å². The minimum atomic E-state index is -1.42. The van der Waals surface area contributed by atoms with E-state index in [1.54, 1.807) is 0 Å². The van der Waals surface area contributed by atoms with Crippen molar-refractivity contribution in [2.24, 2.45) is 0 Å². The van der Waals surface area contributed by atoms with Crippen LogP contribution in [0.5, 0.6) is 0 Å². The largest absolute Gasteiger partial charge is 0.474 e. The van der Waals surface area contributed by atoms with E-state index in [1.807, 2.05) is 12.2 Å². The maximum atomic E-state index is 10.6. The smallest absolute Gasteiger partial charge is 0.394 e. The zero-order valence-corrected chi connectivity index (χ0v) is 5.91. The molecule has 0 aromatic heterocycles. The second-order valence-corrected chi connectivity index (χ2v) is 2.42. The Hall–Kier alpha value is -1.32. The molecule has 4 nitrogen and oxygen atoms in total. The van der Waals surface area contributed by atoms with Gasteiger partial charge in [0.25, 0.3) is 0 Å². The molecule has 0 aliphatic heterocycles. The summed E-state index contributed by atoms with van der Waals surface area (Å²) >= 11 is 0. The predicted octanol–water partition coefficient (Wildman–Crippen LogP) is -0.0942. The van der Waals surface area contributed by atoms with Crippen LogP contribution in [-0.4, -0.2) is 23.0 Å². The van der Waals surface area contributed by atoms with E-state index in [-0.39, 0.29) is 6.04 Å². The van der Waals surface area contributed by atoms with E-state index in [2.05, 4.69) is 5.32 Å². The van der Waals surface area contributed by atoms with Gasteiger partial charge in [-0.25, -0.2) is 4.79 Å². The molecule has 0 atom stereocenters. The normalized spacial score (nSPS) is 16.7. The van der Waals surface area contributed by atoms with Crippen molar-refractivity contribution in [2.75, 3.05) is 0 Å². The van der Waals surface area contributed by atoms with Crippen LogP contribution >= 0.6 is 0 Å². The Labute approximate surface area is 63.9 Å². The minimum absolute atomic E-state index is 0.0152. The van der Waals surface area contributed by atoms with Crippen molar-refractivity contribution in [3.63, 3.8) is 0 Å². The molecular weight excluding hydrogens is 146 g/mol.